The van der Waals surface area contributed by atoms with E-state index in [2.05, 4.69) is 12.2 Å². The minimum absolute atomic E-state index is 0.0410. The minimum Gasteiger partial charge on any atom is -0.350 e. The molecule has 1 aromatic carbocycles. The summed E-state index contributed by atoms with van der Waals surface area (Å²) in [6.07, 6.45) is 4.42. The highest BCUT2D eigenvalue weighted by molar-refractivity contribution is 5.84. The molecule has 18 heavy (non-hydrogen) atoms. The third-order valence-electron chi connectivity index (χ3n) is 4.13. The van der Waals surface area contributed by atoms with Gasteiger partial charge in [0.1, 0.15) is 0 Å². The second kappa shape index (κ2) is 5.53. The van der Waals surface area contributed by atoms with Crippen molar-refractivity contribution in [2.45, 2.75) is 44.1 Å². The molecule has 1 atom stereocenters. The Morgan fingerprint density at radius 1 is 1.39 bits per heavy atom. The van der Waals surface area contributed by atoms with E-state index in [1.54, 1.807) is 0 Å². The average molecular weight is 246 g/mol. The van der Waals surface area contributed by atoms with Crippen LogP contribution in [0.15, 0.2) is 30.3 Å². The molecular weight excluding hydrogens is 224 g/mol. The van der Waals surface area contributed by atoms with Crippen LogP contribution >= 0.6 is 0 Å². The Morgan fingerprint density at radius 3 is 2.50 bits per heavy atom. The first-order valence-electron chi connectivity index (χ1n) is 6.78. The average Bonchev–Trinajstić information content (AvgIpc) is 2.36. The van der Waals surface area contributed by atoms with Crippen molar-refractivity contribution in [2.24, 2.45) is 5.73 Å². The highest BCUT2D eigenvalue weighted by Gasteiger charge is 2.37. The van der Waals surface area contributed by atoms with Gasteiger partial charge in [-0.3, -0.25) is 4.79 Å². The Hall–Kier alpha value is -1.35. The number of hydrogen-bond acceptors (Lipinski definition) is 2. The second-order valence-corrected chi connectivity index (χ2v) is 5.18. The Bertz CT molecular complexity index is 393. The number of carbonyl (C=O) groups excluding carboxylic acids is 1. The van der Waals surface area contributed by atoms with Gasteiger partial charge in [-0.1, -0.05) is 37.3 Å². The van der Waals surface area contributed by atoms with E-state index in [9.17, 15) is 4.79 Å². The normalized spacial score (nSPS) is 18.8. The number of amides is 1. The monoisotopic (exact) mass is 246 g/mol. The zero-order valence-corrected chi connectivity index (χ0v) is 11.0. The Kier molecular flexibility index (Phi) is 4.02. The number of nitrogens with one attached hydrogen (secondary N) is 1. The molecular formula is C15H22N2O. The summed E-state index contributed by atoms with van der Waals surface area (Å²) in [5.74, 6) is -0.152. The van der Waals surface area contributed by atoms with Crippen LogP contribution in [0.3, 0.4) is 0 Å². The first kappa shape index (κ1) is 13.1. The van der Waals surface area contributed by atoms with Gasteiger partial charge in [0.2, 0.25) is 5.91 Å². The Balaban J connectivity index is 2.07. The number of carbonyl (C=O) groups is 1. The van der Waals surface area contributed by atoms with Crippen molar-refractivity contribution in [1.29, 1.82) is 0 Å². The summed E-state index contributed by atoms with van der Waals surface area (Å²) < 4.78 is 0. The van der Waals surface area contributed by atoms with Crippen LogP contribution in [0.5, 0.6) is 0 Å². The maximum Gasteiger partial charge on any atom is 0.229 e. The standard InChI is InChI=1S/C15H22N2O/c1-2-15(9-6-10-15)17-14(18)13(11-16)12-7-4-3-5-8-12/h3-5,7-8,13H,2,6,9-11,16H2,1H3,(H,17,18). The van der Waals surface area contributed by atoms with E-state index in [-0.39, 0.29) is 17.4 Å². The van der Waals surface area contributed by atoms with Crippen LogP contribution in [0, 0.1) is 0 Å². The van der Waals surface area contributed by atoms with Gasteiger partial charge in [-0.25, -0.2) is 0 Å². The Morgan fingerprint density at radius 2 is 2.06 bits per heavy atom. The summed E-state index contributed by atoms with van der Waals surface area (Å²) in [5.41, 5.74) is 6.81. The quantitative estimate of drug-likeness (QED) is 0.836. The van der Waals surface area contributed by atoms with E-state index in [1.807, 2.05) is 30.3 Å². The summed E-state index contributed by atoms with van der Waals surface area (Å²) in [5, 5.41) is 3.21. The molecule has 1 saturated carbocycles. The van der Waals surface area contributed by atoms with Crippen molar-refractivity contribution >= 4 is 5.91 Å². The van der Waals surface area contributed by atoms with Crippen molar-refractivity contribution in [3.63, 3.8) is 0 Å². The predicted octanol–water partition coefficient (Wildman–Crippen LogP) is 2.18. The van der Waals surface area contributed by atoms with Gasteiger partial charge in [0, 0.05) is 12.1 Å². The van der Waals surface area contributed by atoms with Gasteiger partial charge in [0.25, 0.3) is 0 Å². The van der Waals surface area contributed by atoms with Crippen LogP contribution in [0.25, 0.3) is 0 Å². The molecule has 1 unspecified atom stereocenters. The highest BCUT2D eigenvalue weighted by atomic mass is 16.2. The lowest BCUT2D eigenvalue weighted by atomic mass is 9.74. The molecule has 0 bridgehead atoms. The third kappa shape index (κ3) is 2.56. The van der Waals surface area contributed by atoms with Crippen molar-refractivity contribution in [1.82, 2.24) is 5.32 Å². The maximum atomic E-state index is 12.4. The molecule has 1 aromatic rings. The van der Waals surface area contributed by atoms with Gasteiger partial charge in [-0.15, -0.1) is 0 Å². The summed E-state index contributed by atoms with van der Waals surface area (Å²) in [4.78, 5) is 12.4. The van der Waals surface area contributed by atoms with Crippen LogP contribution in [0.4, 0.5) is 0 Å². The van der Waals surface area contributed by atoms with E-state index in [1.165, 1.54) is 6.42 Å². The number of rotatable bonds is 5. The fourth-order valence-electron chi connectivity index (χ4n) is 2.60. The number of benzene rings is 1. The zero-order chi connectivity index (χ0) is 13.0. The van der Waals surface area contributed by atoms with Crippen molar-refractivity contribution in [3.05, 3.63) is 35.9 Å². The van der Waals surface area contributed by atoms with Crippen molar-refractivity contribution in [2.75, 3.05) is 6.54 Å². The predicted molar refractivity (Wildman–Crippen MR) is 73.3 cm³/mol. The molecule has 0 saturated heterocycles. The summed E-state index contributed by atoms with van der Waals surface area (Å²) in [6, 6.07) is 9.79. The van der Waals surface area contributed by atoms with Gasteiger partial charge in [0.15, 0.2) is 0 Å². The molecule has 3 N–H and O–H groups in total. The first-order chi connectivity index (χ1) is 8.71. The van der Waals surface area contributed by atoms with Gasteiger partial charge in [-0.2, -0.15) is 0 Å². The molecule has 1 amide bonds. The molecule has 0 heterocycles. The van der Waals surface area contributed by atoms with Crippen molar-refractivity contribution in [3.8, 4) is 0 Å². The number of hydrogen-bond donors (Lipinski definition) is 2. The van der Waals surface area contributed by atoms with E-state index in [0.717, 1.165) is 24.8 Å². The SMILES string of the molecule is CCC1(NC(=O)C(CN)c2ccccc2)CCC1. The van der Waals surface area contributed by atoms with Gasteiger partial charge in [0.05, 0.1) is 5.92 Å². The molecule has 3 heteroatoms. The molecule has 0 radical (unpaired) electrons. The maximum absolute atomic E-state index is 12.4. The van der Waals surface area contributed by atoms with Crippen LogP contribution in [-0.4, -0.2) is 18.0 Å². The smallest absolute Gasteiger partial charge is 0.229 e. The summed E-state index contributed by atoms with van der Waals surface area (Å²) >= 11 is 0. The largest absolute Gasteiger partial charge is 0.350 e. The van der Waals surface area contributed by atoms with E-state index < -0.39 is 0 Å². The van der Waals surface area contributed by atoms with Gasteiger partial charge in [-0.05, 0) is 31.2 Å². The lowest BCUT2D eigenvalue weighted by Crippen LogP contribution is -2.54. The number of nitrogens with two attached hydrogens (primary N) is 1. The Labute approximate surface area is 109 Å². The molecule has 3 nitrogen and oxygen atoms in total. The molecule has 1 aliphatic carbocycles. The van der Waals surface area contributed by atoms with E-state index in [4.69, 9.17) is 5.73 Å². The summed E-state index contributed by atoms with van der Waals surface area (Å²) in [7, 11) is 0. The molecule has 0 aliphatic heterocycles. The molecule has 1 aliphatic rings. The fourth-order valence-corrected chi connectivity index (χ4v) is 2.60. The highest BCUT2D eigenvalue weighted by Crippen LogP contribution is 2.35. The molecule has 1 fully saturated rings. The topological polar surface area (TPSA) is 55.1 Å². The van der Waals surface area contributed by atoms with E-state index >= 15 is 0 Å². The summed E-state index contributed by atoms with van der Waals surface area (Å²) in [6.45, 7) is 2.50. The van der Waals surface area contributed by atoms with Gasteiger partial charge < -0.3 is 11.1 Å². The fraction of sp³-hybridized carbons (Fsp3) is 0.533. The van der Waals surface area contributed by atoms with Gasteiger partial charge >= 0.3 is 0 Å². The van der Waals surface area contributed by atoms with Crippen LogP contribution < -0.4 is 11.1 Å². The lowest BCUT2D eigenvalue weighted by molar-refractivity contribution is -0.125. The van der Waals surface area contributed by atoms with Crippen LogP contribution in [-0.2, 0) is 4.79 Å². The van der Waals surface area contributed by atoms with E-state index in [0.29, 0.717) is 6.54 Å². The molecule has 0 spiro atoms. The minimum atomic E-state index is -0.227. The first-order valence-corrected chi connectivity index (χ1v) is 6.78. The zero-order valence-electron chi connectivity index (χ0n) is 11.0. The second-order valence-electron chi connectivity index (χ2n) is 5.18. The third-order valence-corrected chi connectivity index (χ3v) is 4.13. The van der Waals surface area contributed by atoms with Crippen LogP contribution in [0.1, 0.15) is 44.1 Å². The molecule has 0 aromatic heterocycles. The lowest BCUT2D eigenvalue weighted by Gasteiger charge is -2.42. The molecule has 98 valence electrons. The van der Waals surface area contributed by atoms with Crippen molar-refractivity contribution < 1.29 is 4.79 Å². The molecule has 2 rings (SSSR count). The van der Waals surface area contributed by atoms with Crippen LogP contribution in [0.2, 0.25) is 0 Å².